The van der Waals surface area contributed by atoms with Gasteiger partial charge in [0.05, 0.1) is 12.1 Å². The molecule has 1 saturated carbocycles. The summed E-state index contributed by atoms with van der Waals surface area (Å²) >= 11 is 0. The zero-order valence-electron chi connectivity index (χ0n) is 16.5. The van der Waals surface area contributed by atoms with E-state index in [0.29, 0.717) is 18.1 Å². The predicted molar refractivity (Wildman–Crippen MR) is 120 cm³/mol. The molecule has 1 aliphatic heterocycles. The maximum absolute atomic E-state index is 6.00. The number of fused-ring (bicyclic) bond motifs is 2. The van der Waals surface area contributed by atoms with E-state index in [-0.39, 0.29) is 35.4 Å². The van der Waals surface area contributed by atoms with Crippen molar-refractivity contribution >= 4 is 40.9 Å². The van der Waals surface area contributed by atoms with E-state index in [4.69, 9.17) is 9.15 Å². The number of rotatable bonds is 4. The van der Waals surface area contributed by atoms with E-state index < -0.39 is 0 Å². The van der Waals surface area contributed by atoms with Crippen LogP contribution in [-0.2, 0) is 4.74 Å². The molecule has 1 aromatic carbocycles. The summed E-state index contributed by atoms with van der Waals surface area (Å²) in [5, 5.41) is 8.31. The fourth-order valence-corrected chi connectivity index (χ4v) is 4.55. The van der Waals surface area contributed by atoms with Gasteiger partial charge in [-0.25, -0.2) is 0 Å². The number of hydrogen-bond acceptors (Lipinski definition) is 3. The summed E-state index contributed by atoms with van der Waals surface area (Å²) in [7, 11) is 0. The molecule has 2 fully saturated rings. The van der Waals surface area contributed by atoms with Crippen molar-refractivity contribution in [3.8, 4) is 0 Å². The molecule has 148 valence electrons. The lowest BCUT2D eigenvalue weighted by Gasteiger charge is -2.55. The van der Waals surface area contributed by atoms with Crippen molar-refractivity contribution in [1.29, 1.82) is 0 Å². The van der Waals surface area contributed by atoms with Crippen LogP contribution in [0.5, 0.6) is 0 Å². The van der Waals surface area contributed by atoms with Gasteiger partial charge in [-0.3, -0.25) is 4.99 Å². The molecule has 1 saturated heterocycles. The maximum atomic E-state index is 6.00. The van der Waals surface area contributed by atoms with Crippen LogP contribution in [0.15, 0.2) is 39.7 Å². The van der Waals surface area contributed by atoms with Crippen molar-refractivity contribution in [3.05, 3.63) is 36.1 Å². The molecule has 4 rings (SSSR count). The highest BCUT2D eigenvalue weighted by Crippen LogP contribution is 2.52. The topological polar surface area (TPSA) is 58.8 Å². The van der Waals surface area contributed by atoms with Crippen LogP contribution in [0.1, 0.15) is 45.9 Å². The van der Waals surface area contributed by atoms with Gasteiger partial charge >= 0.3 is 0 Å². The summed E-state index contributed by atoms with van der Waals surface area (Å²) in [5.74, 6) is 2.35. The number of furan rings is 1. The summed E-state index contributed by atoms with van der Waals surface area (Å²) in [6, 6.07) is 10.6. The second-order valence-corrected chi connectivity index (χ2v) is 8.06. The Morgan fingerprint density at radius 3 is 2.85 bits per heavy atom. The molecular formula is C21H30IN3O2. The molecule has 2 aromatic rings. The van der Waals surface area contributed by atoms with Crippen molar-refractivity contribution in [2.75, 3.05) is 13.2 Å². The van der Waals surface area contributed by atoms with Gasteiger partial charge < -0.3 is 19.8 Å². The Bertz CT molecular complexity index is 784. The average molecular weight is 483 g/mol. The summed E-state index contributed by atoms with van der Waals surface area (Å²) in [5.41, 5.74) is 1.05. The quantitative estimate of drug-likeness (QED) is 0.383. The van der Waals surface area contributed by atoms with Crippen LogP contribution in [0.3, 0.4) is 0 Å². The van der Waals surface area contributed by atoms with Crippen molar-refractivity contribution in [3.63, 3.8) is 0 Å². The molecular weight excluding hydrogens is 453 g/mol. The fourth-order valence-electron chi connectivity index (χ4n) is 4.55. The third-order valence-corrected chi connectivity index (χ3v) is 5.93. The van der Waals surface area contributed by atoms with E-state index in [1.165, 1.54) is 0 Å². The Kier molecular flexibility index (Phi) is 6.05. The normalized spacial score (nSPS) is 27.4. The summed E-state index contributed by atoms with van der Waals surface area (Å²) < 4.78 is 11.9. The van der Waals surface area contributed by atoms with Gasteiger partial charge in [0.15, 0.2) is 5.96 Å². The third kappa shape index (κ3) is 3.70. The van der Waals surface area contributed by atoms with Crippen LogP contribution in [0, 0.1) is 11.3 Å². The van der Waals surface area contributed by atoms with E-state index in [0.717, 1.165) is 42.3 Å². The summed E-state index contributed by atoms with van der Waals surface area (Å²) in [4.78, 5) is 4.66. The van der Waals surface area contributed by atoms with Gasteiger partial charge in [-0.1, -0.05) is 32.0 Å². The number of hydrogen-bond donors (Lipinski definition) is 2. The lowest BCUT2D eigenvalue weighted by molar-refractivity contribution is -0.106. The molecule has 1 aromatic heterocycles. The van der Waals surface area contributed by atoms with Crippen molar-refractivity contribution < 1.29 is 9.15 Å². The molecule has 0 bridgehead atoms. The molecule has 0 spiro atoms. The molecule has 27 heavy (non-hydrogen) atoms. The van der Waals surface area contributed by atoms with Crippen molar-refractivity contribution in [2.45, 2.75) is 52.3 Å². The third-order valence-electron chi connectivity index (χ3n) is 5.93. The van der Waals surface area contributed by atoms with E-state index in [1.807, 2.05) is 18.2 Å². The number of ether oxygens (including phenoxy) is 1. The van der Waals surface area contributed by atoms with Gasteiger partial charge in [0.1, 0.15) is 11.3 Å². The van der Waals surface area contributed by atoms with Crippen LogP contribution in [-0.4, -0.2) is 31.3 Å². The SMILES string of the molecule is CCN=C(NC(C)c1cc2ccccc2o1)NC1C2CCOC2C1(C)C.I. The second kappa shape index (κ2) is 7.99. The molecule has 4 unspecified atom stereocenters. The minimum absolute atomic E-state index is 0. The fraction of sp³-hybridized carbons (Fsp3) is 0.571. The summed E-state index contributed by atoms with van der Waals surface area (Å²) in [6.07, 6.45) is 1.50. The smallest absolute Gasteiger partial charge is 0.192 e. The number of para-hydroxylation sites is 1. The van der Waals surface area contributed by atoms with Gasteiger partial charge in [-0.2, -0.15) is 0 Å². The highest BCUT2D eigenvalue weighted by Gasteiger charge is 2.59. The van der Waals surface area contributed by atoms with Crippen LogP contribution in [0.2, 0.25) is 0 Å². The Balaban J connectivity index is 0.00000210. The van der Waals surface area contributed by atoms with Crippen LogP contribution < -0.4 is 10.6 Å². The van der Waals surface area contributed by atoms with Crippen molar-refractivity contribution in [2.24, 2.45) is 16.3 Å². The molecule has 6 heteroatoms. The van der Waals surface area contributed by atoms with E-state index >= 15 is 0 Å². The Morgan fingerprint density at radius 1 is 1.33 bits per heavy atom. The molecule has 2 N–H and O–H groups in total. The Morgan fingerprint density at radius 2 is 2.11 bits per heavy atom. The molecule has 0 amide bonds. The number of guanidine groups is 1. The molecule has 5 nitrogen and oxygen atoms in total. The standard InChI is InChI=1S/C21H29N3O2.HI/c1-5-22-20(24-18-15-10-11-25-19(15)21(18,3)4)23-13(2)17-12-14-8-6-7-9-16(14)26-17;/h6-9,12-13,15,18-19H,5,10-11H2,1-4H3,(H2,22,23,24);1H. The average Bonchev–Trinajstić information content (AvgIpc) is 3.25. The zero-order valence-corrected chi connectivity index (χ0v) is 18.8. The van der Waals surface area contributed by atoms with Crippen LogP contribution >= 0.6 is 24.0 Å². The number of nitrogens with one attached hydrogen (secondary N) is 2. The number of nitrogens with zero attached hydrogens (tertiary/aromatic N) is 1. The highest BCUT2D eigenvalue weighted by molar-refractivity contribution is 14.0. The molecule has 0 radical (unpaired) electrons. The minimum atomic E-state index is 0. The molecule has 1 aliphatic carbocycles. The number of aliphatic imine (C=N–C) groups is 1. The maximum Gasteiger partial charge on any atom is 0.192 e. The second-order valence-electron chi connectivity index (χ2n) is 8.06. The van der Waals surface area contributed by atoms with Gasteiger partial charge in [0.2, 0.25) is 0 Å². The predicted octanol–water partition coefficient (Wildman–Crippen LogP) is 4.48. The van der Waals surface area contributed by atoms with Gasteiger partial charge in [0, 0.05) is 35.9 Å². The number of benzene rings is 1. The van der Waals surface area contributed by atoms with E-state index in [2.05, 4.69) is 55.5 Å². The van der Waals surface area contributed by atoms with Gasteiger partial charge in [-0.15, -0.1) is 24.0 Å². The summed E-state index contributed by atoms with van der Waals surface area (Å²) in [6.45, 7) is 10.3. The van der Waals surface area contributed by atoms with Gasteiger partial charge in [0.25, 0.3) is 0 Å². The first kappa shape index (κ1) is 20.5. The molecule has 4 atom stereocenters. The lowest BCUT2D eigenvalue weighted by atomic mass is 9.57. The Hall–Kier alpha value is -1.28. The monoisotopic (exact) mass is 483 g/mol. The first-order chi connectivity index (χ1) is 12.5. The van der Waals surface area contributed by atoms with E-state index in [1.54, 1.807) is 0 Å². The zero-order chi connectivity index (χ0) is 18.3. The number of halogens is 1. The first-order valence-electron chi connectivity index (χ1n) is 9.68. The van der Waals surface area contributed by atoms with Gasteiger partial charge in [-0.05, 0) is 32.4 Å². The molecule has 2 aliphatic rings. The van der Waals surface area contributed by atoms with E-state index in [9.17, 15) is 0 Å². The Labute approximate surface area is 178 Å². The molecule has 2 heterocycles. The van der Waals surface area contributed by atoms with Crippen LogP contribution in [0.4, 0.5) is 0 Å². The lowest BCUT2D eigenvalue weighted by Crippen LogP contribution is -2.68. The first-order valence-corrected chi connectivity index (χ1v) is 9.68. The largest absolute Gasteiger partial charge is 0.459 e. The highest BCUT2D eigenvalue weighted by atomic mass is 127. The van der Waals surface area contributed by atoms with Crippen molar-refractivity contribution in [1.82, 2.24) is 10.6 Å². The minimum Gasteiger partial charge on any atom is -0.459 e. The van der Waals surface area contributed by atoms with Crippen LogP contribution in [0.25, 0.3) is 11.0 Å².